The molecule has 2 aromatic rings. The van der Waals surface area contributed by atoms with E-state index >= 15 is 0 Å². The van der Waals surface area contributed by atoms with Crippen molar-refractivity contribution in [2.24, 2.45) is 0 Å². The first-order valence-corrected chi connectivity index (χ1v) is 14.9. The molecule has 187 valence electrons. The summed E-state index contributed by atoms with van der Waals surface area (Å²) in [6, 6.07) is 12.9. The largest absolute Gasteiger partial charge is 0.297 e. The SMILES string of the molecule is CCCCCCCCCCCCCCCCCCCOS(=O)(=O)c1cccc2ccccc12.[Na]. The van der Waals surface area contributed by atoms with Crippen molar-refractivity contribution in [3.8, 4) is 0 Å². The Morgan fingerprint density at radius 2 is 1.03 bits per heavy atom. The second kappa shape index (κ2) is 19.8. The molecular weight excluding hydrogens is 451 g/mol. The maximum Gasteiger partial charge on any atom is 0.297 e. The molecule has 0 N–H and O–H groups in total. The van der Waals surface area contributed by atoms with Crippen LogP contribution in [0.15, 0.2) is 47.4 Å². The fraction of sp³-hybridized carbons (Fsp3) is 0.655. The van der Waals surface area contributed by atoms with Crippen molar-refractivity contribution < 1.29 is 12.6 Å². The molecule has 0 saturated heterocycles. The molecule has 0 amide bonds. The molecule has 2 rings (SSSR count). The van der Waals surface area contributed by atoms with Gasteiger partial charge >= 0.3 is 0 Å². The maximum absolute atomic E-state index is 12.6. The van der Waals surface area contributed by atoms with Crippen LogP contribution in [0.3, 0.4) is 0 Å². The summed E-state index contributed by atoms with van der Waals surface area (Å²) in [5.41, 5.74) is 0. The molecule has 0 atom stereocenters. The Balaban J connectivity index is 0.00000578. The first-order chi connectivity index (χ1) is 16.1. The molecule has 0 aliphatic rings. The van der Waals surface area contributed by atoms with Crippen molar-refractivity contribution in [1.82, 2.24) is 0 Å². The maximum atomic E-state index is 12.6. The molecule has 0 heterocycles. The first-order valence-electron chi connectivity index (χ1n) is 13.5. The predicted octanol–water partition coefficient (Wildman–Crippen LogP) is 8.82. The zero-order valence-corrected chi connectivity index (χ0v) is 24.7. The molecule has 2 aromatic carbocycles. The van der Waals surface area contributed by atoms with Gasteiger partial charge in [0.15, 0.2) is 0 Å². The molecular formula is C29H46NaO3S. The van der Waals surface area contributed by atoms with Crippen LogP contribution in [0.4, 0.5) is 0 Å². The van der Waals surface area contributed by atoms with Crippen LogP contribution >= 0.6 is 0 Å². The molecule has 1 radical (unpaired) electrons. The molecule has 3 nitrogen and oxygen atoms in total. The zero-order valence-electron chi connectivity index (χ0n) is 21.9. The first kappa shape index (κ1) is 31.6. The van der Waals surface area contributed by atoms with E-state index in [2.05, 4.69) is 6.92 Å². The topological polar surface area (TPSA) is 43.4 Å². The van der Waals surface area contributed by atoms with Gasteiger partial charge < -0.3 is 0 Å². The van der Waals surface area contributed by atoms with Gasteiger partial charge in [-0.15, -0.1) is 0 Å². The average Bonchev–Trinajstić information content (AvgIpc) is 2.83. The summed E-state index contributed by atoms with van der Waals surface area (Å²) in [7, 11) is -3.71. The Morgan fingerprint density at radius 3 is 1.56 bits per heavy atom. The van der Waals surface area contributed by atoms with Crippen LogP contribution in [0.1, 0.15) is 116 Å². The van der Waals surface area contributed by atoms with Crippen LogP contribution in [0.5, 0.6) is 0 Å². The minimum absolute atomic E-state index is 0. The molecule has 0 spiro atoms. The number of fused-ring (bicyclic) bond motifs is 1. The van der Waals surface area contributed by atoms with Gasteiger partial charge in [-0.25, -0.2) is 0 Å². The summed E-state index contributed by atoms with van der Waals surface area (Å²) in [6.07, 6.45) is 22.3. The second-order valence-electron chi connectivity index (χ2n) is 9.41. The van der Waals surface area contributed by atoms with Gasteiger partial charge in [0.25, 0.3) is 10.1 Å². The van der Waals surface area contributed by atoms with Crippen LogP contribution in [-0.2, 0) is 14.3 Å². The smallest absolute Gasteiger partial charge is 0.266 e. The summed E-state index contributed by atoms with van der Waals surface area (Å²) in [5.74, 6) is 0. The molecule has 34 heavy (non-hydrogen) atoms. The summed E-state index contributed by atoms with van der Waals surface area (Å²) < 4.78 is 30.5. The van der Waals surface area contributed by atoms with E-state index in [4.69, 9.17) is 4.18 Å². The average molecular weight is 498 g/mol. The van der Waals surface area contributed by atoms with Crippen LogP contribution in [-0.4, -0.2) is 44.6 Å². The van der Waals surface area contributed by atoms with Crippen molar-refractivity contribution in [3.63, 3.8) is 0 Å². The van der Waals surface area contributed by atoms with Crippen LogP contribution in [0, 0.1) is 0 Å². The van der Waals surface area contributed by atoms with Crippen LogP contribution < -0.4 is 0 Å². The Labute approximate surface area is 231 Å². The van der Waals surface area contributed by atoms with Crippen molar-refractivity contribution >= 4 is 50.4 Å². The number of unbranched alkanes of at least 4 members (excludes halogenated alkanes) is 16. The van der Waals surface area contributed by atoms with Crippen molar-refractivity contribution in [3.05, 3.63) is 42.5 Å². The van der Waals surface area contributed by atoms with Crippen molar-refractivity contribution in [2.45, 2.75) is 121 Å². The zero-order chi connectivity index (χ0) is 23.6. The standard InChI is InChI=1S/C29H46O3S.Na/c1-2-3-4-5-6-7-8-9-10-11-12-13-14-15-16-17-20-26-32-33(30,31)29-25-21-23-27-22-18-19-24-28(27)29;/h18-19,21-25H,2-17,20,26H2,1H3;. The monoisotopic (exact) mass is 497 g/mol. The van der Waals surface area contributed by atoms with Gasteiger partial charge in [0.05, 0.1) is 6.61 Å². The van der Waals surface area contributed by atoms with Gasteiger partial charge in [-0.05, 0) is 17.9 Å². The van der Waals surface area contributed by atoms with Crippen LogP contribution in [0.2, 0.25) is 0 Å². The van der Waals surface area contributed by atoms with Crippen LogP contribution in [0.25, 0.3) is 10.8 Å². The van der Waals surface area contributed by atoms with E-state index < -0.39 is 10.1 Å². The van der Waals surface area contributed by atoms with E-state index in [1.807, 2.05) is 30.3 Å². The number of hydrogen-bond acceptors (Lipinski definition) is 3. The third kappa shape index (κ3) is 13.1. The van der Waals surface area contributed by atoms with Crippen molar-refractivity contribution in [2.75, 3.05) is 6.61 Å². The van der Waals surface area contributed by atoms with Crippen molar-refractivity contribution in [1.29, 1.82) is 0 Å². The summed E-state index contributed by atoms with van der Waals surface area (Å²) in [6.45, 7) is 2.54. The van der Waals surface area contributed by atoms with E-state index in [0.717, 1.165) is 30.0 Å². The normalized spacial score (nSPS) is 11.6. The Hall–Kier alpha value is -0.390. The fourth-order valence-corrected chi connectivity index (χ4v) is 5.64. The fourth-order valence-electron chi connectivity index (χ4n) is 4.47. The molecule has 0 saturated carbocycles. The summed E-state index contributed by atoms with van der Waals surface area (Å²) >= 11 is 0. The minimum Gasteiger partial charge on any atom is -0.266 e. The summed E-state index contributed by atoms with van der Waals surface area (Å²) in [5, 5.41) is 1.64. The van der Waals surface area contributed by atoms with E-state index in [0.29, 0.717) is 0 Å². The second-order valence-corrected chi connectivity index (χ2v) is 11.0. The van der Waals surface area contributed by atoms with Gasteiger partial charge in [-0.3, -0.25) is 4.18 Å². The van der Waals surface area contributed by atoms with E-state index in [1.165, 1.54) is 89.9 Å². The molecule has 0 aliphatic heterocycles. The Kier molecular flexibility index (Phi) is 18.4. The summed E-state index contributed by atoms with van der Waals surface area (Å²) in [4.78, 5) is 0.271. The van der Waals surface area contributed by atoms with E-state index in [-0.39, 0.29) is 41.1 Å². The van der Waals surface area contributed by atoms with Gasteiger partial charge in [0.1, 0.15) is 4.90 Å². The van der Waals surface area contributed by atoms with E-state index in [1.54, 1.807) is 12.1 Å². The molecule has 0 aliphatic carbocycles. The van der Waals surface area contributed by atoms with Gasteiger partial charge in [-0.1, -0.05) is 146 Å². The van der Waals surface area contributed by atoms with Gasteiger partial charge in [0, 0.05) is 34.9 Å². The van der Waals surface area contributed by atoms with E-state index in [9.17, 15) is 8.42 Å². The predicted molar refractivity (Wildman–Crippen MR) is 147 cm³/mol. The molecule has 0 fully saturated rings. The quantitative estimate of drug-likeness (QED) is 0.104. The molecule has 0 unspecified atom stereocenters. The number of rotatable bonds is 20. The molecule has 0 aromatic heterocycles. The van der Waals surface area contributed by atoms with Gasteiger partial charge in [0.2, 0.25) is 0 Å². The van der Waals surface area contributed by atoms with Gasteiger partial charge in [-0.2, -0.15) is 8.42 Å². The molecule has 0 bridgehead atoms. The number of hydrogen-bond donors (Lipinski definition) is 0. The number of benzene rings is 2. The molecule has 5 heteroatoms. The third-order valence-corrected chi connectivity index (χ3v) is 7.88. The third-order valence-electron chi connectivity index (χ3n) is 6.51. The Morgan fingerprint density at radius 1 is 0.588 bits per heavy atom. The Bertz CT molecular complexity index is 861. The minimum atomic E-state index is -3.71.